The molecule has 2 atom stereocenters. The summed E-state index contributed by atoms with van der Waals surface area (Å²) in [7, 11) is -7.48. The van der Waals surface area contributed by atoms with Crippen molar-refractivity contribution >= 4 is 54.1 Å². The van der Waals surface area contributed by atoms with E-state index in [1.807, 2.05) is 20.8 Å². The van der Waals surface area contributed by atoms with Gasteiger partial charge in [-0.1, -0.05) is 29.5 Å². The zero-order chi connectivity index (χ0) is 39.1. The molecule has 13 nitrogen and oxygen atoms in total. The van der Waals surface area contributed by atoms with Crippen LogP contribution in [0.1, 0.15) is 52.0 Å². The number of carbonyl (C=O) groups is 1. The predicted molar refractivity (Wildman–Crippen MR) is 205 cm³/mol. The number of aryl methyl sites for hydroxylation is 1. The first-order chi connectivity index (χ1) is 25.9. The van der Waals surface area contributed by atoms with Crippen LogP contribution in [0, 0.1) is 24.0 Å². The molecule has 1 amide bonds. The number of halogens is 2. The van der Waals surface area contributed by atoms with Crippen molar-refractivity contribution in [3.05, 3.63) is 65.9 Å². The van der Waals surface area contributed by atoms with Crippen LogP contribution in [-0.4, -0.2) is 91.1 Å². The second kappa shape index (κ2) is 13.4. The zero-order valence-corrected chi connectivity index (χ0v) is 33.1. The number of rotatable bonds is 8. The molecule has 55 heavy (non-hydrogen) atoms. The molecule has 292 valence electrons. The fourth-order valence-corrected chi connectivity index (χ4v) is 13.2. The van der Waals surface area contributed by atoms with E-state index in [0.29, 0.717) is 47.6 Å². The SMILES string of the molecule is Cc1cccc(F)c1S(=O)(=O)Nc1cccc(-c2nc(N3C4CCC3CN(C(=O)OC(C)(C)C)C4)sc2-c2ccnc(NC3CC4(C3)CS(=O)(=O)C4)n2)c1F. The maximum absolute atomic E-state index is 16.6. The average Bonchev–Trinajstić information content (AvgIpc) is 3.60. The molecule has 1 spiro atoms. The molecule has 2 bridgehead atoms. The van der Waals surface area contributed by atoms with Crippen LogP contribution in [0.15, 0.2) is 53.6 Å². The van der Waals surface area contributed by atoms with Gasteiger partial charge in [-0.25, -0.2) is 45.4 Å². The second-order valence-electron chi connectivity index (χ2n) is 16.1. The summed E-state index contributed by atoms with van der Waals surface area (Å²) < 4.78 is 89.7. The molecule has 18 heteroatoms. The lowest BCUT2D eigenvalue weighted by molar-refractivity contribution is 0.0209. The van der Waals surface area contributed by atoms with E-state index >= 15 is 4.39 Å². The van der Waals surface area contributed by atoms with Gasteiger partial charge in [0.1, 0.15) is 16.3 Å². The number of piperazine rings is 1. The van der Waals surface area contributed by atoms with E-state index in [0.717, 1.165) is 18.9 Å². The Balaban J connectivity index is 1.14. The normalized spacial score (nSPS) is 21.6. The molecule has 1 aliphatic carbocycles. The summed E-state index contributed by atoms with van der Waals surface area (Å²) in [4.78, 5) is 31.1. The van der Waals surface area contributed by atoms with Gasteiger partial charge in [-0.2, -0.15) is 0 Å². The number of anilines is 3. The minimum absolute atomic E-state index is 0.000580. The number of aromatic nitrogens is 3. The van der Waals surface area contributed by atoms with Gasteiger partial charge < -0.3 is 19.9 Å². The van der Waals surface area contributed by atoms with E-state index in [-0.39, 0.29) is 63.6 Å². The van der Waals surface area contributed by atoms with Crippen molar-refractivity contribution < 1.29 is 35.1 Å². The number of thiazole rings is 1. The lowest BCUT2D eigenvalue weighted by atomic mass is 9.67. The van der Waals surface area contributed by atoms with Crippen molar-refractivity contribution in [3.8, 4) is 21.8 Å². The van der Waals surface area contributed by atoms with Gasteiger partial charge in [0.25, 0.3) is 10.0 Å². The number of amides is 1. The van der Waals surface area contributed by atoms with Gasteiger partial charge in [0, 0.05) is 48.4 Å². The van der Waals surface area contributed by atoms with Gasteiger partial charge in [-0.05, 0) is 83.2 Å². The van der Waals surface area contributed by atoms with Gasteiger partial charge in [0.15, 0.2) is 20.8 Å². The lowest BCUT2D eigenvalue weighted by Gasteiger charge is -2.53. The highest BCUT2D eigenvalue weighted by atomic mass is 32.2. The number of ether oxygens (including phenoxy) is 1. The first-order valence-corrected chi connectivity index (χ1v) is 22.2. The Morgan fingerprint density at radius 3 is 2.36 bits per heavy atom. The molecule has 8 rings (SSSR count). The van der Waals surface area contributed by atoms with Crippen LogP contribution in [0.2, 0.25) is 0 Å². The second-order valence-corrected chi connectivity index (χ2v) is 20.7. The number of fused-ring (bicyclic) bond motifs is 2. The Morgan fingerprint density at radius 1 is 1.02 bits per heavy atom. The number of hydrogen-bond acceptors (Lipinski definition) is 12. The maximum atomic E-state index is 16.6. The van der Waals surface area contributed by atoms with Gasteiger partial charge >= 0.3 is 6.09 Å². The highest BCUT2D eigenvalue weighted by Gasteiger charge is 2.56. The third-order valence-corrected chi connectivity index (χ3v) is 15.3. The van der Waals surface area contributed by atoms with Crippen LogP contribution in [-0.2, 0) is 24.6 Å². The summed E-state index contributed by atoms with van der Waals surface area (Å²) in [6, 6.07) is 9.68. The molecular formula is C37H41F2N7O6S3. The first kappa shape index (κ1) is 37.5. The molecule has 4 aliphatic rings. The van der Waals surface area contributed by atoms with E-state index < -0.39 is 42.0 Å². The number of benzene rings is 2. The van der Waals surface area contributed by atoms with Crippen LogP contribution in [0.5, 0.6) is 0 Å². The van der Waals surface area contributed by atoms with E-state index in [1.165, 1.54) is 48.6 Å². The summed E-state index contributed by atoms with van der Waals surface area (Å²) >= 11 is 1.31. The molecule has 4 fully saturated rings. The Kier molecular flexibility index (Phi) is 9.11. The van der Waals surface area contributed by atoms with Gasteiger partial charge in [-0.15, -0.1) is 0 Å². The topological polar surface area (TPSA) is 164 Å². The number of likely N-dealkylation sites (tertiary alicyclic amines) is 1. The largest absolute Gasteiger partial charge is 0.444 e. The molecular weight excluding hydrogens is 773 g/mol. The first-order valence-electron chi connectivity index (χ1n) is 18.0. The molecule has 1 saturated carbocycles. The number of sulfone groups is 1. The quantitative estimate of drug-likeness (QED) is 0.207. The standard InChI is InChI=1S/C37H41F2N7O6S3/c1-21-7-5-9-26(38)32(21)55(50,51)44-27-10-6-8-25(29(27)39)30-31(28-13-14-40-33(42-28)41-22-15-37(16-22)19-54(48,49)20-37)53-34(43-30)46-23-11-12-24(46)18-45(17-23)35(47)52-36(2,3)4/h5-10,13-14,22-24,44H,11-12,15-20H2,1-4H3,(H,40,41,42). The van der Waals surface area contributed by atoms with E-state index in [9.17, 15) is 26.0 Å². The van der Waals surface area contributed by atoms with Crippen molar-refractivity contribution in [3.63, 3.8) is 0 Å². The number of hydrogen-bond donors (Lipinski definition) is 2. The highest BCUT2D eigenvalue weighted by molar-refractivity contribution is 7.93. The molecule has 2 N–H and O–H groups in total. The number of sulfonamides is 1. The minimum Gasteiger partial charge on any atom is -0.444 e. The van der Waals surface area contributed by atoms with Gasteiger partial charge in [0.05, 0.1) is 33.5 Å². The van der Waals surface area contributed by atoms with Crippen LogP contribution in [0.4, 0.5) is 30.3 Å². The fourth-order valence-electron chi connectivity index (χ4n) is 8.36. The Bertz CT molecular complexity index is 2370. The van der Waals surface area contributed by atoms with Crippen molar-refractivity contribution in [2.45, 2.75) is 82.0 Å². The predicted octanol–water partition coefficient (Wildman–Crippen LogP) is 6.23. The van der Waals surface area contributed by atoms with Crippen molar-refractivity contribution in [2.75, 3.05) is 39.5 Å². The van der Waals surface area contributed by atoms with Gasteiger partial charge in [0.2, 0.25) is 5.95 Å². The minimum atomic E-state index is -4.52. The van der Waals surface area contributed by atoms with Crippen molar-refractivity contribution in [1.29, 1.82) is 0 Å². The number of nitrogens with one attached hydrogen (secondary N) is 2. The summed E-state index contributed by atoms with van der Waals surface area (Å²) in [5, 5.41) is 3.91. The molecule has 2 aromatic carbocycles. The number of nitrogens with zero attached hydrogens (tertiary/aromatic N) is 5. The van der Waals surface area contributed by atoms with E-state index in [4.69, 9.17) is 14.7 Å². The van der Waals surface area contributed by atoms with Crippen LogP contribution in [0.25, 0.3) is 21.8 Å². The molecule has 5 heterocycles. The van der Waals surface area contributed by atoms with Crippen molar-refractivity contribution in [2.24, 2.45) is 5.41 Å². The van der Waals surface area contributed by atoms with Crippen molar-refractivity contribution in [1.82, 2.24) is 19.9 Å². The zero-order valence-electron chi connectivity index (χ0n) is 30.7. The van der Waals surface area contributed by atoms with Crippen LogP contribution in [0.3, 0.4) is 0 Å². The van der Waals surface area contributed by atoms with E-state index in [1.54, 1.807) is 17.2 Å². The summed E-state index contributed by atoms with van der Waals surface area (Å²) in [5.74, 6) is -1.14. The van der Waals surface area contributed by atoms with Crippen LogP contribution >= 0.6 is 11.3 Å². The smallest absolute Gasteiger partial charge is 0.410 e. The third kappa shape index (κ3) is 7.23. The molecule has 3 aliphatic heterocycles. The molecule has 0 radical (unpaired) electrons. The third-order valence-electron chi connectivity index (χ3n) is 10.5. The summed E-state index contributed by atoms with van der Waals surface area (Å²) in [5.41, 5.74) is -0.367. The number of carbonyl (C=O) groups excluding carboxylic acids is 1. The summed E-state index contributed by atoms with van der Waals surface area (Å²) in [6.45, 7) is 7.77. The fraction of sp³-hybridized carbons (Fsp3) is 0.459. The van der Waals surface area contributed by atoms with E-state index in [2.05, 4.69) is 19.9 Å². The van der Waals surface area contributed by atoms with Gasteiger partial charge in [-0.3, -0.25) is 4.72 Å². The lowest BCUT2D eigenvalue weighted by Crippen LogP contribution is -2.60. The molecule has 2 unspecified atom stereocenters. The molecule has 4 aromatic rings. The molecule has 3 saturated heterocycles. The average molecular weight is 814 g/mol. The monoisotopic (exact) mass is 813 g/mol. The Hall–Kier alpha value is -4.42. The summed E-state index contributed by atoms with van der Waals surface area (Å²) in [6.07, 6.45) is 4.19. The van der Waals surface area contributed by atoms with Crippen LogP contribution < -0.4 is 14.9 Å². The maximum Gasteiger partial charge on any atom is 0.410 e. The molecule has 2 aromatic heterocycles. The Morgan fingerprint density at radius 2 is 1.71 bits per heavy atom. The Labute approximate surface area is 322 Å². The highest BCUT2D eigenvalue weighted by Crippen LogP contribution is 2.51.